The van der Waals surface area contributed by atoms with Crippen molar-refractivity contribution >= 4 is 62.3 Å². The van der Waals surface area contributed by atoms with Gasteiger partial charge >= 0.3 is 5.97 Å². The van der Waals surface area contributed by atoms with Gasteiger partial charge in [-0.05, 0) is 36.6 Å². The quantitative estimate of drug-likeness (QED) is 0.537. The number of carbonyl (C=O) groups excluding carboxylic acids is 2. The first kappa shape index (κ1) is 22.3. The minimum absolute atomic E-state index is 0.202. The average Bonchev–Trinajstić information content (AvgIpc) is 3.02. The van der Waals surface area contributed by atoms with Crippen molar-refractivity contribution in [2.45, 2.75) is 27.3 Å². The molecule has 0 unspecified atom stereocenters. The Labute approximate surface area is 186 Å². The third-order valence-electron chi connectivity index (χ3n) is 4.17. The summed E-state index contributed by atoms with van der Waals surface area (Å²) in [5, 5.41) is 3.64. The molecule has 1 N–H and O–H groups in total. The van der Waals surface area contributed by atoms with Crippen LogP contribution in [0.5, 0.6) is 0 Å². The van der Waals surface area contributed by atoms with E-state index in [1.165, 1.54) is 17.0 Å². The number of nitrogens with one attached hydrogen (secondary N) is 1. The highest BCUT2D eigenvalue weighted by molar-refractivity contribution is 7.20. The van der Waals surface area contributed by atoms with Gasteiger partial charge in [0.15, 0.2) is 0 Å². The van der Waals surface area contributed by atoms with E-state index in [1.807, 2.05) is 13.8 Å². The molecule has 0 aliphatic heterocycles. The Morgan fingerprint density at radius 2 is 2.00 bits per heavy atom. The molecule has 0 aliphatic rings. The average molecular weight is 468 g/mol. The van der Waals surface area contributed by atoms with Crippen LogP contribution in [-0.2, 0) is 16.1 Å². The zero-order valence-electron chi connectivity index (χ0n) is 16.5. The SMILES string of the molecule is Cc1c(C(=O)OCC(C)C)sc2ncn(CC(=O)Nc3ccc(Cl)c(Cl)c3)c(=O)c12. The van der Waals surface area contributed by atoms with Gasteiger partial charge < -0.3 is 10.1 Å². The zero-order chi connectivity index (χ0) is 22.0. The van der Waals surface area contributed by atoms with E-state index in [9.17, 15) is 14.4 Å². The Morgan fingerprint density at radius 3 is 2.67 bits per heavy atom. The lowest BCUT2D eigenvalue weighted by molar-refractivity contribution is -0.116. The summed E-state index contributed by atoms with van der Waals surface area (Å²) < 4.78 is 6.46. The minimum atomic E-state index is -0.479. The van der Waals surface area contributed by atoms with Gasteiger partial charge in [0.25, 0.3) is 5.56 Å². The molecule has 1 aromatic carbocycles. The number of esters is 1. The molecular formula is C20H19Cl2N3O4S. The van der Waals surface area contributed by atoms with Crippen LogP contribution >= 0.6 is 34.5 Å². The number of aromatic nitrogens is 2. The molecule has 7 nitrogen and oxygen atoms in total. The number of ether oxygens (including phenoxy) is 1. The number of thiophene rings is 1. The largest absolute Gasteiger partial charge is 0.461 e. The number of nitrogens with zero attached hydrogens (tertiary/aromatic N) is 2. The van der Waals surface area contributed by atoms with Crippen molar-refractivity contribution in [3.05, 3.63) is 55.4 Å². The van der Waals surface area contributed by atoms with Crippen LogP contribution in [-0.4, -0.2) is 28.0 Å². The highest BCUT2D eigenvalue weighted by Crippen LogP contribution is 2.28. The lowest BCUT2D eigenvalue weighted by Crippen LogP contribution is -2.27. The highest BCUT2D eigenvalue weighted by atomic mass is 35.5. The Morgan fingerprint density at radius 1 is 1.27 bits per heavy atom. The first-order chi connectivity index (χ1) is 14.2. The maximum absolute atomic E-state index is 12.9. The van der Waals surface area contributed by atoms with E-state index in [1.54, 1.807) is 19.1 Å². The number of halogens is 2. The maximum atomic E-state index is 12.9. The molecular weight excluding hydrogens is 449 g/mol. The van der Waals surface area contributed by atoms with Crippen molar-refractivity contribution in [1.82, 2.24) is 9.55 Å². The molecule has 2 aromatic heterocycles. The molecule has 0 radical (unpaired) electrons. The van der Waals surface area contributed by atoms with Gasteiger partial charge in [0.1, 0.15) is 16.3 Å². The summed E-state index contributed by atoms with van der Waals surface area (Å²) in [5.41, 5.74) is 0.555. The third kappa shape index (κ3) is 4.83. The van der Waals surface area contributed by atoms with Crippen LogP contribution < -0.4 is 10.9 Å². The van der Waals surface area contributed by atoms with Gasteiger partial charge in [0.2, 0.25) is 5.91 Å². The fourth-order valence-electron chi connectivity index (χ4n) is 2.70. The summed E-state index contributed by atoms with van der Waals surface area (Å²) in [7, 11) is 0. The number of aryl methyl sites for hydroxylation is 1. The molecule has 10 heteroatoms. The van der Waals surface area contributed by atoms with Gasteiger partial charge in [-0.25, -0.2) is 9.78 Å². The number of hydrogen-bond acceptors (Lipinski definition) is 6. The predicted octanol–water partition coefficient (Wildman–Crippen LogP) is 4.52. The van der Waals surface area contributed by atoms with Crippen LogP contribution in [0.15, 0.2) is 29.3 Å². The van der Waals surface area contributed by atoms with Crippen LogP contribution in [0.25, 0.3) is 10.2 Å². The maximum Gasteiger partial charge on any atom is 0.348 e. The lowest BCUT2D eigenvalue weighted by atomic mass is 10.2. The van der Waals surface area contributed by atoms with Crippen molar-refractivity contribution in [3.63, 3.8) is 0 Å². The molecule has 0 bridgehead atoms. The normalized spacial score (nSPS) is 11.1. The molecule has 1 amide bonds. The molecule has 0 saturated heterocycles. The van der Waals surface area contributed by atoms with Gasteiger partial charge in [-0.15, -0.1) is 11.3 Å². The van der Waals surface area contributed by atoms with Crippen molar-refractivity contribution < 1.29 is 14.3 Å². The second kappa shape index (κ2) is 9.16. The first-order valence-corrected chi connectivity index (χ1v) is 10.6. The molecule has 0 atom stereocenters. The zero-order valence-corrected chi connectivity index (χ0v) is 18.8. The summed E-state index contributed by atoms with van der Waals surface area (Å²) in [6, 6.07) is 4.69. The van der Waals surface area contributed by atoms with Crippen LogP contribution in [0.1, 0.15) is 29.1 Å². The number of carbonyl (C=O) groups is 2. The summed E-state index contributed by atoms with van der Waals surface area (Å²) in [5.74, 6) is -0.707. The Hall–Kier alpha value is -2.42. The molecule has 158 valence electrons. The Balaban J connectivity index is 1.83. The molecule has 30 heavy (non-hydrogen) atoms. The van der Waals surface area contributed by atoms with Crippen LogP contribution in [0.3, 0.4) is 0 Å². The van der Waals surface area contributed by atoms with E-state index in [4.69, 9.17) is 27.9 Å². The fraction of sp³-hybridized carbons (Fsp3) is 0.300. The van der Waals surface area contributed by atoms with E-state index in [0.717, 1.165) is 11.3 Å². The molecule has 0 spiro atoms. The number of fused-ring (bicyclic) bond motifs is 1. The van der Waals surface area contributed by atoms with E-state index in [0.29, 0.717) is 43.0 Å². The van der Waals surface area contributed by atoms with E-state index < -0.39 is 17.4 Å². The second-order valence-electron chi connectivity index (χ2n) is 7.08. The molecule has 0 fully saturated rings. The molecule has 0 saturated carbocycles. The smallest absolute Gasteiger partial charge is 0.348 e. The van der Waals surface area contributed by atoms with Gasteiger partial charge in [0.05, 0.1) is 28.4 Å². The second-order valence-corrected chi connectivity index (χ2v) is 8.90. The van der Waals surface area contributed by atoms with Crippen LogP contribution in [0.2, 0.25) is 10.0 Å². The highest BCUT2D eigenvalue weighted by Gasteiger charge is 2.21. The molecule has 3 rings (SSSR count). The number of amides is 1. The Kier molecular flexibility index (Phi) is 6.80. The topological polar surface area (TPSA) is 90.3 Å². The number of anilines is 1. The van der Waals surface area contributed by atoms with Crippen molar-refractivity contribution in [1.29, 1.82) is 0 Å². The minimum Gasteiger partial charge on any atom is -0.461 e. The summed E-state index contributed by atoms with van der Waals surface area (Å²) in [6.45, 7) is 5.60. The number of rotatable bonds is 6. The molecule has 2 heterocycles. The van der Waals surface area contributed by atoms with Crippen molar-refractivity contribution in [2.24, 2.45) is 5.92 Å². The van der Waals surface area contributed by atoms with Gasteiger partial charge in [0, 0.05) is 5.69 Å². The monoisotopic (exact) mass is 467 g/mol. The third-order valence-corrected chi connectivity index (χ3v) is 6.09. The van der Waals surface area contributed by atoms with Crippen LogP contribution in [0.4, 0.5) is 5.69 Å². The Bertz CT molecular complexity index is 1190. The summed E-state index contributed by atoms with van der Waals surface area (Å²) >= 11 is 12.9. The summed E-state index contributed by atoms with van der Waals surface area (Å²) in [4.78, 5) is 42.6. The predicted molar refractivity (Wildman–Crippen MR) is 119 cm³/mol. The van der Waals surface area contributed by atoms with Gasteiger partial charge in [-0.3, -0.25) is 14.2 Å². The van der Waals surface area contributed by atoms with Crippen molar-refractivity contribution in [2.75, 3.05) is 11.9 Å². The summed E-state index contributed by atoms with van der Waals surface area (Å²) in [6.07, 6.45) is 1.29. The number of hydrogen-bond donors (Lipinski definition) is 1. The van der Waals surface area contributed by atoms with Gasteiger partial charge in [-0.1, -0.05) is 37.0 Å². The lowest BCUT2D eigenvalue weighted by Gasteiger charge is -2.08. The van der Waals surface area contributed by atoms with Crippen molar-refractivity contribution in [3.8, 4) is 0 Å². The standard InChI is InChI=1S/C20H19Cl2N3O4S/c1-10(2)8-29-20(28)17-11(3)16-18(30-17)23-9-25(19(16)27)7-15(26)24-12-4-5-13(21)14(22)6-12/h4-6,9-10H,7-8H2,1-3H3,(H,24,26). The first-order valence-electron chi connectivity index (χ1n) is 9.08. The van der Waals surface area contributed by atoms with Gasteiger partial charge in [-0.2, -0.15) is 0 Å². The molecule has 0 aliphatic carbocycles. The molecule has 3 aromatic rings. The fourth-order valence-corrected chi connectivity index (χ4v) is 4.03. The van der Waals surface area contributed by atoms with E-state index in [-0.39, 0.29) is 12.5 Å². The number of benzene rings is 1. The van der Waals surface area contributed by atoms with E-state index >= 15 is 0 Å². The van der Waals surface area contributed by atoms with E-state index in [2.05, 4.69) is 10.3 Å². The van der Waals surface area contributed by atoms with Crippen LogP contribution in [0, 0.1) is 12.8 Å².